The number of piperidine rings is 1. The molecule has 6 heteroatoms. The zero-order chi connectivity index (χ0) is 33.4. The second-order valence-corrected chi connectivity index (χ2v) is 16.3. The molecule has 3 aliphatic carbocycles. The second kappa shape index (κ2) is 15.6. The Kier molecular flexibility index (Phi) is 10.7. The van der Waals surface area contributed by atoms with Gasteiger partial charge in [0.05, 0.1) is 22.8 Å². The standard InChI is InChI=1S/C45H55N5.Mn/c1-2-50-28-12-19-33(29-50)45-40-26-24-38(48-40)43(31-15-8-4-9-16-31)36-22-20-34(46-36)42(30-13-6-3-7-14-30)35-21-23-37(47-35)44(32-17-10-5-11-18-32)39-25-27-41(45)49-39;/h20-27,30-33H,2-19,28-29H2,1H3;/q-2;+3. The maximum Gasteiger partial charge on any atom is 3.00 e. The van der Waals surface area contributed by atoms with Crippen molar-refractivity contribution in [2.75, 3.05) is 19.6 Å². The molecule has 9 rings (SSSR count). The van der Waals surface area contributed by atoms with Gasteiger partial charge in [0.2, 0.25) is 0 Å². The van der Waals surface area contributed by atoms with Crippen molar-refractivity contribution in [2.45, 2.75) is 140 Å². The molecule has 3 aromatic rings. The first-order valence-electron chi connectivity index (χ1n) is 20.5. The predicted octanol–water partition coefficient (Wildman–Crippen LogP) is 11.3. The Balaban J connectivity index is 0.00000374. The summed E-state index contributed by atoms with van der Waals surface area (Å²) in [6, 6.07) is 9.30. The fraction of sp³-hybridized carbons (Fsp3) is 0.556. The molecule has 0 amide bonds. The Morgan fingerprint density at radius 3 is 1.18 bits per heavy atom. The van der Waals surface area contributed by atoms with Crippen molar-refractivity contribution in [3.63, 3.8) is 0 Å². The molecular formula is C45H55MnN5+. The van der Waals surface area contributed by atoms with E-state index in [0.717, 1.165) is 57.9 Å². The summed E-state index contributed by atoms with van der Waals surface area (Å²) >= 11 is 0. The van der Waals surface area contributed by atoms with E-state index < -0.39 is 0 Å². The van der Waals surface area contributed by atoms with Crippen LogP contribution in [0.5, 0.6) is 0 Å². The van der Waals surface area contributed by atoms with Crippen molar-refractivity contribution in [2.24, 2.45) is 0 Å². The predicted molar refractivity (Wildman–Crippen MR) is 208 cm³/mol. The molecule has 0 N–H and O–H groups in total. The molecule has 4 fully saturated rings. The molecule has 6 heterocycles. The Bertz CT molecular complexity index is 1910. The van der Waals surface area contributed by atoms with Gasteiger partial charge in [0, 0.05) is 6.54 Å². The third kappa shape index (κ3) is 6.98. The van der Waals surface area contributed by atoms with Gasteiger partial charge in [0.1, 0.15) is 0 Å². The minimum atomic E-state index is 0. The van der Waals surface area contributed by atoms with Crippen LogP contribution in [0.1, 0.15) is 185 Å². The van der Waals surface area contributed by atoms with Gasteiger partial charge in [-0.25, -0.2) is 9.97 Å². The van der Waals surface area contributed by atoms with E-state index in [1.54, 1.807) is 0 Å². The Morgan fingerprint density at radius 1 is 0.490 bits per heavy atom. The molecule has 1 unspecified atom stereocenters. The third-order valence-electron chi connectivity index (χ3n) is 13.2. The topological polar surface area (TPSA) is 57.2 Å². The van der Waals surface area contributed by atoms with Crippen LogP contribution in [0.4, 0.5) is 0 Å². The number of aromatic nitrogens is 4. The number of nitrogens with zero attached hydrogens (tertiary/aromatic N) is 5. The maximum absolute atomic E-state index is 5.60. The number of rotatable bonds is 5. The number of hydrogen-bond donors (Lipinski definition) is 0. The van der Waals surface area contributed by atoms with E-state index in [9.17, 15) is 0 Å². The Labute approximate surface area is 315 Å². The number of hydrogen-bond acceptors (Lipinski definition) is 3. The average Bonchev–Trinajstić information content (AvgIpc) is 4.01. The van der Waals surface area contributed by atoms with E-state index in [2.05, 4.69) is 60.4 Å². The van der Waals surface area contributed by atoms with Crippen LogP contribution < -0.4 is 9.97 Å². The second-order valence-electron chi connectivity index (χ2n) is 16.3. The number of likely N-dealkylation sites (tertiary alicyclic amines) is 1. The van der Waals surface area contributed by atoms with Crippen LogP contribution in [-0.2, 0) is 17.1 Å². The fourth-order valence-electron chi connectivity index (χ4n) is 10.6. The zero-order valence-corrected chi connectivity index (χ0v) is 31.9. The van der Waals surface area contributed by atoms with Gasteiger partial charge in [0.25, 0.3) is 0 Å². The van der Waals surface area contributed by atoms with Gasteiger partial charge < -0.3 is 14.9 Å². The van der Waals surface area contributed by atoms with Gasteiger partial charge in [-0.15, -0.1) is 22.1 Å². The molecule has 0 radical (unpaired) electrons. The molecule has 1 saturated heterocycles. The largest absolute Gasteiger partial charge is 3.00 e. The Hall–Kier alpha value is -2.92. The monoisotopic (exact) mass is 720 g/mol. The smallest absolute Gasteiger partial charge is 0.657 e. The number of likely N-dealkylation sites (N-methyl/N-ethyl adjacent to an activating group) is 1. The van der Waals surface area contributed by atoms with Crippen molar-refractivity contribution < 1.29 is 17.1 Å². The van der Waals surface area contributed by atoms with Gasteiger partial charge in [-0.3, -0.25) is 0 Å². The molecule has 1 atom stereocenters. The quantitative estimate of drug-likeness (QED) is 0.169. The van der Waals surface area contributed by atoms with Crippen LogP contribution in [0.15, 0.2) is 24.3 Å². The molecule has 0 spiro atoms. The molecule has 51 heavy (non-hydrogen) atoms. The van der Waals surface area contributed by atoms with Gasteiger partial charge >= 0.3 is 17.1 Å². The Morgan fingerprint density at radius 2 is 0.824 bits per heavy atom. The van der Waals surface area contributed by atoms with E-state index in [-0.39, 0.29) is 17.1 Å². The minimum absolute atomic E-state index is 0. The molecule has 3 saturated carbocycles. The first-order chi connectivity index (χ1) is 24.7. The van der Waals surface area contributed by atoms with Crippen LogP contribution in [-0.4, -0.2) is 34.5 Å². The van der Waals surface area contributed by atoms with Crippen molar-refractivity contribution >= 4 is 46.4 Å². The number of fused-ring (bicyclic) bond motifs is 8. The van der Waals surface area contributed by atoms with Crippen LogP contribution in [0.2, 0.25) is 0 Å². The molecule has 8 bridgehead atoms. The van der Waals surface area contributed by atoms with Gasteiger partial charge in [-0.2, -0.15) is 0 Å². The first-order valence-corrected chi connectivity index (χ1v) is 20.5. The van der Waals surface area contributed by atoms with Crippen LogP contribution in [0.25, 0.3) is 46.4 Å². The maximum atomic E-state index is 5.60. The van der Waals surface area contributed by atoms with Crippen LogP contribution in [0, 0.1) is 0 Å². The van der Waals surface area contributed by atoms with E-state index in [4.69, 9.17) is 19.9 Å². The van der Waals surface area contributed by atoms with Gasteiger partial charge in [-0.05, 0) is 135 Å². The summed E-state index contributed by atoms with van der Waals surface area (Å²) in [5, 5.41) is 0. The minimum Gasteiger partial charge on any atom is -0.657 e. The first kappa shape index (κ1) is 35.1. The molecule has 3 aromatic heterocycles. The molecular weight excluding hydrogens is 665 g/mol. The van der Waals surface area contributed by atoms with E-state index in [1.807, 2.05) is 0 Å². The summed E-state index contributed by atoms with van der Waals surface area (Å²) in [7, 11) is 0. The summed E-state index contributed by atoms with van der Waals surface area (Å²) in [6.45, 7) is 5.67. The summed E-state index contributed by atoms with van der Waals surface area (Å²) in [6.07, 6.45) is 30.9. The normalized spacial score (nSPS) is 22.3. The third-order valence-corrected chi connectivity index (χ3v) is 13.2. The SMILES string of the molecule is CCN1CCCC(c2c3nc(c(C4CCCCC4)c4ccc([n-]4)c(C4CCCCC4)c4nc(c(C5CCCCC5)c5ccc2[n-]5)C=C4)C=C3)C1.[Mn+3]. The van der Waals surface area contributed by atoms with Crippen molar-refractivity contribution in [1.29, 1.82) is 0 Å². The fourth-order valence-corrected chi connectivity index (χ4v) is 10.6. The molecule has 5 nitrogen and oxygen atoms in total. The summed E-state index contributed by atoms with van der Waals surface area (Å²) in [5.41, 5.74) is 14.6. The van der Waals surface area contributed by atoms with Crippen molar-refractivity contribution in [3.8, 4) is 0 Å². The molecule has 3 aliphatic heterocycles. The summed E-state index contributed by atoms with van der Waals surface area (Å²) in [5.74, 6) is 1.93. The summed E-state index contributed by atoms with van der Waals surface area (Å²) in [4.78, 5) is 25.0. The average molecular weight is 721 g/mol. The molecule has 266 valence electrons. The van der Waals surface area contributed by atoms with E-state index in [0.29, 0.717) is 23.7 Å². The molecule has 0 aromatic carbocycles. The van der Waals surface area contributed by atoms with E-state index >= 15 is 0 Å². The van der Waals surface area contributed by atoms with Gasteiger partial charge in [0.15, 0.2) is 0 Å². The van der Waals surface area contributed by atoms with Gasteiger partial charge in [-0.1, -0.05) is 89.0 Å². The zero-order valence-electron chi connectivity index (χ0n) is 30.7. The van der Waals surface area contributed by atoms with Crippen LogP contribution in [0.3, 0.4) is 0 Å². The van der Waals surface area contributed by atoms with Crippen molar-refractivity contribution in [3.05, 3.63) is 69.3 Å². The van der Waals surface area contributed by atoms with Crippen LogP contribution >= 0.6 is 0 Å². The summed E-state index contributed by atoms with van der Waals surface area (Å²) < 4.78 is 0. The van der Waals surface area contributed by atoms with E-state index in [1.165, 1.54) is 138 Å². The van der Waals surface area contributed by atoms with Crippen molar-refractivity contribution in [1.82, 2.24) is 24.8 Å². The molecule has 6 aliphatic rings.